The summed E-state index contributed by atoms with van der Waals surface area (Å²) >= 11 is 7.19. The zero-order valence-electron chi connectivity index (χ0n) is 11.4. The maximum absolute atomic E-state index is 5.50. The lowest BCUT2D eigenvalue weighted by Gasteiger charge is -2.31. The topological polar surface area (TPSA) is 17.4 Å². The van der Waals surface area contributed by atoms with Gasteiger partial charge in [0, 0.05) is 19.7 Å². The molecule has 0 N–H and O–H groups in total. The Bertz CT molecular complexity index is 763. The van der Waals surface area contributed by atoms with Crippen LogP contribution in [0.3, 0.4) is 0 Å². The van der Waals surface area contributed by atoms with Crippen LogP contribution in [0, 0.1) is 0 Å². The van der Waals surface area contributed by atoms with Crippen LogP contribution in [0.5, 0.6) is 0 Å². The highest BCUT2D eigenvalue weighted by atomic mass is 79.9. The second-order valence-corrected chi connectivity index (χ2v) is 7.03. The summed E-state index contributed by atoms with van der Waals surface area (Å²) in [7, 11) is 0. The lowest BCUT2D eigenvalue weighted by atomic mass is 10.2. The van der Waals surface area contributed by atoms with E-state index in [0.717, 1.165) is 35.2 Å². The summed E-state index contributed by atoms with van der Waals surface area (Å²) in [4.78, 5) is 0. The third-order valence-electron chi connectivity index (χ3n) is 3.94. The first-order chi connectivity index (χ1) is 10.2. The number of ether oxygens (including phenoxy) is 1. The molecular weight excluding hydrogens is 396 g/mol. The van der Waals surface area contributed by atoms with E-state index in [1.54, 1.807) is 0 Å². The van der Waals surface area contributed by atoms with Crippen LogP contribution in [0.15, 0.2) is 45.3 Å². The molecule has 0 aliphatic carbocycles. The third kappa shape index (κ3) is 2.28. The maximum Gasteiger partial charge on any atom is 0.0719 e. The molecule has 0 spiro atoms. The number of aromatic nitrogens is 1. The van der Waals surface area contributed by atoms with Gasteiger partial charge >= 0.3 is 0 Å². The Morgan fingerprint density at radius 3 is 1.86 bits per heavy atom. The second kappa shape index (κ2) is 5.30. The molecule has 0 saturated carbocycles. The number of hydrogen-bond donors (Lipinski definition) is 0. The number of hydrogen-bond acceptors (Lipinski definition) is 2. The van der Waals surface area contributed by atoms with E-state index in [9.17, 15) is 0 Å². The van der Waals surface area contributed by atoms with Crippen molar-refractivity contribution in [3.8, 4) is 0 Å². The normalized spacial score (nSPS) is 16.0. The fourth-order valence-electron chi connectivity index (χ4n) is 3.00. The Labute approximate surface area is 139 Å². The Kier molecular flexibility index (Phi) is 3.44. The molecule has 1 aromatic heterocycles. The largest absolute Gasteiger partial charge is 0.378 e. The van der Waals surface area contributed by atoms with Crippen molar-refractivity contribution in [1.29, 1.82) is 0 Å². The van der Waals surface area contributed by atoms with Crippen molar-refractivity contribution in [2.45, 2.75) is 0 Å². The standard InChI is InChI=1S/C16H14Br2N2O/c17-11-1-3-13-14-4-2-12(18)10-16(14)20(15(13)9-11)19-5-7-21-8-6-19/h1-4,9-10H,5-8H2. The smallest absolute Gasteiger partial charge is 0.0719 e. The van der Waals surface area contributed by atoms with Gasteiger partial charge in [-0.1, -0.05) is 44.0 Å². The molecule has 0 radical (unpaired) electrons. The minimum Gasteiger partial charge on any atom is -0.378 e. The van der Waals surface area contributed by atoms with Crippen LogP contribution in [0.25, 0.3) is 21.8 Å². The number of nitrogens with zero attached hydrogens (tertiary/aromatic N) is 2. The highest BCUT2D eigenvalue weighted by molar-refractivity contribution is 9.10. The van der Waals surface area contributed by atoms with Crippen molar-refractivity contribution in [1.82, 2.24) is 4.68 Å². The van der Waals surface area contributed by atoms with Crippen molar-refractivity contribution in [2.24, 2.45) is 0 Å². The molecule has 0 atom stereocenters. The molecule has 1 saturated heterocycles. The van der Waals surface area contributed by atoms with Crippen LogP contribution in [0.1, 0.15) is 0 Å². The molecule has 5 heteroatoms. The van der Waals surface area contributed by atoms with E-state index in [0.29, 0.717) is 0 Å². The summed E-state index contributed by atoms with van der Waals surface area (Å²) in [5, 5.41) is 4.94. The Morgan fingerprint density at radius 1 is 0.810 bits per heavy atom. The molecule has 0 bridgehead atoms. The van der Waals surface area contributed by atoms with Crippen LogP contribution in [-0.4, -0.2) is 31.0 Å². The lowest BCUT2D eigenvalue weighted by molar-refractivity contribution is 0.112. The monoisotopic (exact) mass is 408 g/mol. The summed E-state index contributed by atoms with van der Waals surface area (Å²) in [6.07, 6.45) is 0. The Morgan fingerprint density at radius 2 is 1.33 bits per heavy atom. The van der Waals surface area contributed by atoms with Crippen LogP contribution in [-0.2, 0) is 4.74 Å². The number of halogens is 2. The van der Waals surface area contributed by atoms with E-state index in [-0.39, 0.29) is 0 Å². The number of rotatable bonds is 1. The maximum atomic E-state index is 5.50. The first kappa shape index (κ1) is 13.6. The summed E-state index contributed by atoms with van der Waals surface area (Å²) in [5.41, 5.74) is 2.47. The molecule has 108 valence electrons. The summed E-state index contributed by atoms with van der Waals surface area (Å²) < 4.78 is 10.0. The van der Waals surface area contributed by atoms with Crippen LogP contribution in [0.2, 0.25) is 0 Å². The molecule has 0 amide bonds. The van der Waals surface area contributed by atoms with Gasteiger partial charge in [-0.2, -0.15) is 0 Å². The van der Waals surface area contributed by atoms with E-state index in [4.69, 9.17) is 4.74 Å². The molecule has 21 heavy (non-hydrogen) atoms. The van der Waals surface area contributed by atoms with E-state index < -0.39 is 0 Å². The van der Waals surface area contributed by atoms with Crippen molar-refractivity contribution in [3.05, 3.63) is 45.3 Å². The van der Waals surface area contributed by atoms with E-state index >= 15 is 0 Å². The van der Waals surface area contributed by atoms with Gasteiger partial charge in [0.25, 0.3) is 0 Å². The lowest BCUT2D eigenvalue weighted by Crippen LogP contribution is -2.43. The molecule has 2 aromatic carbocycles. The minimum atomic E-state index is 0.781. The molecule has 0 unspecified atom stereocenters. The zero-order valence-corrected chi connectivity index (χ0v) is 14.5. The molecule has 3 nitrogen and oxygen atoms in total. The fourth-order valence-corrected chi connectivity index (χ4v) is 3.70. The number of morpholine rings is 1. The molecular formula is C16H14Br2N2O. The van der Waals surface area contributed by atoms with Gasteiger partial charge in [0.15, 0.2) is 0 Å². The van der Waals surface area contributed by atoms with Crippen LogP contribution < -0.4 is 5.01 Å². The van der Waals surface area contributed by atoms with Crippen molar-refractivity contribution in [3.63, 3.8) is 0 Å². The Balaban J connectivity index is 2.07. The molecule has 3 aromatic rings. The van der Waals surface area contributed by atoms with Gasteiger partial charge in [-0.15, -0.1) is 0 Å². The van der Waals surface area contributed by atoms with Gasteiger partial charge in [-0.25, -0.2) is 0 Å². The number of fused-ring (bicyclic) bond motifs is 3. The van der Waals surface area contributed by atoms with E-state index in [2.05, 4.69) is 77.9 Å². The minimum absolute atomic E-state index is 0.781. The van der Waals surface area contributed by atoms with Gasteiger partial charge in [0.05, 0.1) is 37.3 Å². The molecule has 1 aliphatic heterocycles. The van der Waals surface area contributed by atoms with Gasteiger partial charge in [-0.3, -0.25) is 4.68 Å². The van der Waals surface area contributed by atoms with Gasteiger partial charge in [-0.05, 0) is 24.3 Å². The summed E-state index contributed by atoms with van der Waals surface area (Å²) in [6.45, 7) is 3.39. The molecule has 4 rings (SSSR count). The zero-order chi connectivity index (χ0) is 14.4. The summed E-state index contributed by atoms with van der Waals surface area (Å²) in [5.74, 6) is 0. The molecule has 2 heterocycles. The highest BCUT2D eigenvalue weighted by Gasteiger charge is 2.18. The van der Waals surface area contributed by atoms with Crippen LogP contribution in [0.4, 0.5) is 0 Å². The van der Waals surface area contributed by atoms with Crippen molar-refractivity contribution >= 4 is 53.7 Å². The second-order valence-electron chi connectivity index (χ2n) is 5.20. The first-order valence-corrected chi connectivity index (χ1v) is 8.55. The van der Waals surface area contributed by atoms with Crippen molar-refractivity contribution < 1.29 is 4.74 Å². The third-order valence-corrected chi connectivity index (χ3v) is 4.92. The average Bonchev–Trinajstić information content (AvgIpc) is 2.80. The fraction of sp³-hybridized carbons (Fsp3) is 0.250. The highest BCUT2D eigenvalue weighted by Crippen LogP contribution is 2.33. The van der Waals surface area contributed by atoms with E-state index in [1.807, 2.05) is 0 Å². The first-order valence-electron chi connectivity index (χ1n) is 6.96. The van der Waals surface area contributed by atoms with Crippen molar-refractivity contribution in [2.75, 3.05) is 31.3 Å². The van der Waals surface area contributed by atoms with Gasteiger partial charge in [0.1, 0.15) is 0 Å². The average molecular weight is 410 g/mol. The summed E-state index contributed by atoms with van der Waals surface area (Å²) in [6, 6.07) is 13.0. The molecule has 1 aliphatic rings. The van der Waals surface area contributed by atoms with E-state index in [1.165, 1.54) is 21.8 Å². The SMILES string of the molecule is Brc1ccc2c3ccc(Br)cc3n(N3CCOCC3)c2c1. The van der Waals surface area contributed by atoms with Crippen LogP contribution >= 0.6 is 31.9 Å². The predicted molar refractivity (Wildman–Crippen MR) is 93.6 cm³/mol. The number of benzene rings is 2. The van der Waals surface area contributed by atoms with Gasteiger partial charge < -0.3 is 9.75 Å². The predicted octanol–water partition coefficient (Wildman–Crippen LogP) is 4.29. The quantitative estimate of drug-likeness (QED) is 0.596. The Hall–Kier alpha value is -1.04. The van der Waals surface area contributed by atoms with Gasteiger partial charge in [0.2, 0.25) is 0 Å². The molecule has 1 fully saturated rings.